The number of nitrogens with one attached hydrogen (secondary N) is 1. The molecule has 0 atom stereocenters. The Bertz CT molecular complexity index is 694. The van der Waals surface area contributed by atoms with Crippen LogP contribution in [0, 0.1) is 11.7 Å². The lowest BCUT2D eigenvalue weighted by molar-refractivity contribution is 0.594. The third-order valence-corrected chi connectivity index (χ3v) is 2.94. The van der Waals surface area contributed by atoms with Gasteiger partial charge in [-0.3, -0.25) is 14.5 Å². The number of H-pyrrole nitrogens is 1. The van der Waals surface area contributed by atoms with Crippen LogP contribution in [0.25, 0.3) is 11.4 Å². The van der Waals surface area contributed by atoms with Gasteiger partial charge in [-0.1, -0.05) is 0 Å². The van der Waals surface area contributed by atoms with Gasteiger partial charge in [-0.05, 0) is 39.1 Å². The lowest BCUT2D eigenvalue weighted by atomic mass is 10.2. The highest BCUT2D eigenvalue weighted by atomic mass is 32.1. The summed E-state index contributed by atoms with van der Waals surface area (Å²) in [4.78, 5) is 12.1. The number of nitrogens with zero attached hydrogens (tertiary/aromatic N) is 4. The Balaban J connectivity index is 2.78. The van der Waals surface area contributed by atoms with Crippen molar-refractivity contribution in [2.24, 2.45) is 7.05 Å². The SMILES string of the molecule is Cc1cc(-c2n[nH]c(=S)n2C(C)C)c(=O)n(C)n1. The molecule has 0 spiro atoms. The van der Waals surface area contributed by atoms with E-state index in [0.29, 0.717) is 16.2 Å². The number of aromatic nitrogens is 5. The van der Waals surface area contributed by atoms with Crippen molar-refractivity contribution < 1.29 is 0 Å². The van der Waals surface area contributed by atoms with Crippen LogP contribution in [0.4, 0.5) is 0 Å². The molecule has 2 rings (SSSR count). The Morgan fingerprint density at radius 1 is 1.44 bits per heavy atom. The van der Waals surface area contributed by atoms with Crippen LogP contribution >= 0.6 is 12.2 Å². The summed E-state index contributed by atoms with van der Waals surface area (Å²) >= 11 is 5.18. The number of hydrogen-bond donors (Lipinski definition) is 1. The van der Waals surface area contributed by atoms with E-state index in [-0.39, 0.29) is 11.6 Å². The summed E-state index contributed by atoms with van der Waals surface area (Å²) in [6, 6.07) is 1.86. The zero-order valence-corrected chi connectivity index (χ0v) is 11.6. The summed E-state index contributed by atoms with van der Waals surface area (Å²) in [5.74, 6) is 0.557. The van der Waals surface area contributed by atoms with Gasteiger partial charge in [0.05, 0.1) is 11.3 Å². The fourth-order valence-electron chi connectivity index (χ4n) is 1.89. The van der Waals surface area contributed by atoms with Crippen LogP contribution in [0.2, 0.25) is 0 Å². The molecule has 0 aliphatic heterocycles. The molecule has 0 aliphatic rings. The maximum absolute atomic E-state index is 12.1. The third-order valence-electron chi connectivity index (χ3n) is 2.65. The van der Waals surface area contributed by atoms with E-state index in [9.17, 15) is 4.79 Å². The van der Waals surface area contributed by atoms with Crippen molar-refractivity contribution in [3.63, 3.8) is 0 Å². The van der Waals surface area contributed by atoms with E-state index in [1.807, 2.05) is 25.3 Å². The summed E-state index contributed by atoms with van der Waals surface area (Å²) in [6.45, 7) is 5.82. The van der Waals surface area contributed by atoms with E-state index < -0.39 is 0 Å². The van der Waals surface area contributed by atoms with Gasteiger partial charge in [-0.15, -0.1) is 0 Å². The van der Waals surface area contributed by atoms with Crippen LogP contribution in [-0.2, 0) is 7.05 Å². The van der Waals surface area contributed by atoms with Crippen LogP contribution in [0.3, 0.4) is 0 Å². The van der Waals surface area contributed by atoms with Gasteiger partial charge in [-0.25, -0.2) is 4.68 Å². The van der Waals surface area contributed by atoms with E-state index in [2.05, 4.69) is 15.3 Å². The molecule has 96 valence electrons. The summed E-state index contributed by atoms with van der Waals surface area (Å²) in [5.41, 5.74) is 1.08. The highest BCUT2D eigenvalue weighted by Gasteiger charge is 2.16. The van der Waals surface area contributed by atoms with Crippen LogP contribution in [0.1, 0.15) is 25.6 Å². The average Bonchev–Trinajstić information content (AvgIpc) is 2.65. The lowest BCUT2D eigenvalue weighted by Gasteiger charge is -2.10. The molecule has 2 aromatic heterocycles. The quantitative estimate of drug-likeness (QED) is 0.837. The Morgan fingerprint density at radius 3 is 2.72 bits per heavy atom. The molecule has 7 heteroatoms. The highest BCUT2D eigenvalue weighted by Crippen LogP contribution is 2.18. The van der Waals surface area contributed by atoms with Gasteiger partial charge in [0.2, 0.25) is 0 Å². The monoisotopic (exact) mass is 265 g/mol. The molecular weight excluding hydrogens is 250 g/mol. The summed E-state index contributed by atoms with van der Waals surface area (Å²) in [5, 5.41) is 11.0. The molecule has 0 saturated carbocycles. The fourth-order valence-corrected chi connectivity index (χ4v) is 2.23. The molecule has 0 amide bonds. The Hall–Kier alpha value is -1.76. The Labute approximate surface area is 109 Å². The van der Waals surface area contributed by atoms with Gasteiger partial charge < -0.3 is 0 Å². The Kier molecular flexibility index (Phi) is 3.16. The van der Waals surface area contributed by atoms with E-state index in [0.717, 1.165) is 5.69 Å². The van der Waals surface area contributed by atoms with Gasteiger partial charge in [0.15, 0.2) is 10.6 Å². The molecule has 0 aliphatic carbocycles. The van der Waals surface area contributed by atoms with E-state index >= 15 is 0 Å². The van der Waals surface area contributed by atoms with E-state index in [1.165, 1.54) is 4.68 Å². The summed E-state index contributed by atoms with van der Waals surface area (Å²) in [6.07, 6.45) is 0. The molecule has 6 nitrogen and oxygen atoms in total. The predicted octanol–water partition coefficient (Wildman–Crippen LogP) is 1.59. The zero-order valence-electron chi connectivity index (χ0n) is 10.8. The number of rotatable bonds is 2. The molecule has 2 heterocycles. The number of aryl methyl sites for hydroxylation is 2. The minimum atomic E-state index is -0.184. The largest absolute Gasteiger partial charge is 0.297 e. The van der Waals surface area contributed by atoms with Gasteiger partial charge >= 0.3 is 0 Å². The molecule has 0 unspecified atom stereocenters. The minimum absolute atomic E-state index is 0.129. The van der Waals surface area contributed by atoms with Crippen LogP contribution in [0.5, 0.6) is 0 Å². The maximum atomic E-state index is 12.1. The summed E-state index contributed by atoms with van der Waals surface area (Å²) in [7, 11) is 1.62. The molecule has 0 saturated heterocycles. The van der Waals surface area contributed by atoms with Crippen LogP contribution in [-0.4, -0.2) is 24.5 Å². The van der Waals surface area contributed by atoms with Gasteiger partial charge in [0.1, 0.15) is 0 Å². The fraction of sp³-hybridized carbons (Fsp3) is 0.455. The van der Waals surface area contributed by atoms with Crippen LogP contribution < -0.4 is 5.56 Å². The second-order valence-corrected chi connectivity index (χ2v) is 4.83. The first-order valence-corrected chi connectivity index (χ1v) is 6.05. The molecule has 0 fully saturated rings. The van der Waals surface area contributed by atoms with Gasteiger partial charge in [0.25, 0.3) is 5.56 Å². The normalized spacial score (nSPS) is 11.2. The first-order chi connectivity index (χ1) is 8.41. The molecule has 2 aromatic rings. The molecule has 0 bridgehead atoms. The second kappa shape index (κ2) is 4.49. The van der Waals surface area contributed by atoms with Crippen molar-refractivity contribution in [1.82, 2.24) is 24.5 Å². The third kappa shape index (κ3) is 2.01. The smallest absolute Gasteiger partial charge is 0.277 e. The number of aromatic amines is 1. The standard InChI is InChI=1S/C11H15N5OS/c1-6(2)16-9(12-13-11(16)18)8-5-7(3)14-15(4)10(8)17/h5-6H,1-4H3,(H,13,18). The summed E-state index contributed by atoms with van der Waals surface area (Å²) < 4.78 is 3.65. The maximum Gasteiger partial charge on any atom is 0.277 e. The van der Waals surface area contributed by atoms with E-state index in [1.54, 1.807) is 13.1 Å². The topological polar surface area (TPSA) is 68.5 Å². The van der Waals surface area contributed by atoms with Crippen molar-refractivity contribution in [2.45, 2.75) is 26.8 Å². The second-order valence-electron chi connectivity index (χ2n) is 4.44. The lowest BCUT2D eigenvalue weighted by Crippen LogP contribution is -2.23. The van der Waals surface area contributed by atoms with Crippen molar-refractivity contribution in [3.05, 3.63) is 26.9 Å². The van der Waals surface area contributed by atoms with E-state index in [4.69, 9.17) is 12.2 Å². The minimum Gasteiger partial charge on any atom is -0.297 e. The van der Waals surface area contributed by atoms with Gasteiger partial charge in [-0.2, -0.15) is 10.2 Å². The molecule has 0 radical (unpaired) electrons. The van der Waals surface area contributed by atoms with Crippen molar-refractivity contribution in [1.29, 1.82) is 0 Å². The first kappa shape index (κ1) is 12.7. The Morgan fingerprint density at radius 2 is 2.11 bits per heavy atom. The van der Waals surface area contributed by atoms with Crippen LogP contribution in [0.15, 0.2) is 10.9 Å². The highest BCUT2D eigenvalue weighted by molar-refractivity contribution is 7.71. The molecule has 18 heavy (non-hydrogen) atoms. The average molecular weight is 265 g/mol. The molecular formula is C11H15N5OS. The molecule has 1 N–H and O–H groups in total. The number of hydrogen-bond acceptors (Lipinski definition) is 4. The van der Waals surface area contributed by atoms with Crippen molar-refractivity contribution >= 4 is 12.2 Å². The van der Waals surface area contributed by atoms with Crippen molar-refractivity contribution in [3.8, 4) is 11.4 Å². The predicted molar refractivity (Wildman–Crippen MR) is 71.0 cm³/mol. The van der Waals surface area contributed by atoms with Gasteiger partial charge in [0, 0.05) is 13.1 Å². The first-order valence-electron chi connectivity index (χ1n) is 5.64. The zero-order chi connectivity index (χ0) is 13.4. The molecule has 0 aromatic carbocycles. The van der Waals surface area contributed by atoms with Crippen molar-refractivity contribution in [2.75, 3.05) is 0 Å².